The molecule has 3 aromatic rings. The molecule has 0 aliphatic carbocycles. The normalized spacial score (nSPS) is 17.6. The molecule has 15 heteroatoms. The molecule has 0 spiro atoms. The van der Waals surface area contributed by atoms with Crippen molar-refractivity contribution in [3.05, 3.63) is 47.2 Å². The number of amides is 5. The molecule has 1 aromatic heterocycles. The summed E-state index contributed by atoms with van der Waals surface area (Å²) in [5.41, 5.74) is 7.55. The van der Waals surface area contributed by atoms with E-state index in [1.54, 1.807) is 7.11 Å². The Kier molecular flexibility index (Phi) is 10.7. The standard InChI is InChI=1S/C35H41N7O8/c1-48-27-18-22-23(38-35(36)39-24(22)19-28(27)49-17-7-16-41-14-4-5-15-41)9-2-3-13-37-30(44)20-50-26-10-6-8-21-31(26)34(47)42(33(21)46)25-11-12-29(43)40-32(25)45/h6,8,10,18-19,25H,2-5,7,9,11-17,20H2,1H3,(H,37,44)(H2,36,38,39)(H,40,43,45). The third kappa shape index (κ3) is 7.62. The number of imide groups is 2. The molecule has 4 N–H and O–H groups in total. The van der Waals surface area contributed by atoms with Crippen molar-refractivity contribution in [2.45, 2.75) is 57.4 Å². The number of methoxy groups -OCH3 is 1. The maximum Gasteiger partial charge on any atom is 0.266 e. The smallest absolute Gasteiger partial charge is 0.266 e. The second-order valence-electron chi connectivity index (χ2n) is 12.5. The molecule has 1 atom stereocenters. The van der Waals surface area contributed by atoms with E-state index in [0.717, 1.165) is 42.0 Å². The van der Waals surface area contributed by atoms with Crippen molar-refractivity contribution in [3.63, 3.8) is 0 Å². The van der Waals surface area contributed by atoms with Crippen LogP contribution in [0, 0.1) is 0 Å². The molecule has 0 radical (unpaired) electrons. The number of likely N-dealkylation sites (tertiary alicyclic amines) is 1. The van der Waals surface area contributed by atoms with Gasteiger partial charge >= 0.3 is 0 Å². The largest absolute Gasteiger partial charge is 0.493 e. The molecule has 2 fully saturated rings. The van der Waals surface area contributed by atoms with Crippen molar-refractivity contribution in [1.82, 2.24) is 30.4 Å². The van der Waals surface area contributed by atoms with Crippen molar-refractivity contribution in [3.8, 4) is 17.2 Å². The number of ether oxygens (including phenoxy) is 3. The zero-order valence-electron chi connectivity index (χ0n) is 28.0. The predicted molar refractivity (Wildman–Crippen MR) is 181 cm³/mol. The average Bonchev–Trinajstić information content (AvgIpc) is 3.71. The number of nitrogens with zero attached hydrogens (tertiary/aromatic N) is 4. The highest BCUT2D eigenvalue weighted by atomic mass is 16.5. The fourth-order valence-electron chi connectivity index (χ4n) is 6.60. The van der Waals surface area contributed by atoms with E-state index in [4.69, 9.17) is 19.9 Å². The quantitative estimate of drug-likeness (QED) is 0.156. The van der Waals surface area contributed by atoms with Crippen LogP contribution >= 0.6 is 0 Å². The van der Waals surface area contributed by atoms with Gasteiger partial charge in [-0.3, -0.25) is 34.2 Å². The number of nitrogen functional groups attached to an aromatic ring is 1. The first kappa shape index (κ1) is 34.5. The van der Waals surface area contributed by atoms with Gasteiger partial charge in [-0.1, -0.05) is 6.07 Å². The fourth-order valence-corrected chi connectivity index (χ4v) is 6.60. The molecule has 3 aliphatic heterocycles. The number of anilines is 1. The first-order valence-electron chi connectivity index (χ1n) is 17.0. The summed E-state index contributed by atoms with van der Waals surface area (Å²) in [7, 11) is 1.60. The summed E-state index contributed by atoms with van der Waals surface area (Å²) in [6.07, 6.45) is 5.42. The van der Waals surface area contributed by atoms with E-state index in [2.05, 4.69) is 25.5 Å². The number of carbonyl (C=O) groups excluding carboxylic acids is 5. The van der Waals surface area contributed by atoms with Crippen LogP contribution in [-0.4, -0.2) is 102 Å². The van der Waals surface area contributed by atoms with E-state index in [1.807, 2.05) is 12.1 Å². The summed E-state index contributed by atoms with van der Waals surface area (Å²) in [6.45, 7) is 3.86. The van der Waals surface area contributed by atoms with Crippen molar-refractivity contribution in [2.24, 2.45) is 0 Å². The minimum Gasteiger partial charge on any atom is -0.493 e. The Balaban J connectivity index is 0.984. The summed E-state index contributed by atoms with van der Waals surface area (Å²) in [5, 5.41) is 5.79. The second-order valence-corrected chi connectivity index (χ2v) is 12.5. The third-order valence-corrected chi connectivity index (χ3v) is 9.10. The summed E-state index contributed by atoms with van der Waals surface area (Å²) in [6, 6.07) is 7.10. The zero-order valence-corrected chi connectivity index (χ0v) is 28.0. The minimum absolute atomic E-state index is 0.0146. The minimum atomic E-state index is -1.10. The van der Waals surface area contributed by atoms with Crippen LogP contribution in [0.25, 0.3) is 10.9 Å². The summed E-state index contributed by atoms with van der Waals surface area (Å²) >= 11 is 0. The fraction of sp³-hybridized carbons (Fsp3) is 0.457. The van der Waals surface area contributed by atoms with Crippen LogP contribution in [-0.2, 0) is 20.8 Å². The first-order valence-corrected chi connectivity index (χ1v) is 17.0. The van der Waals surface area contributed by atoms with Crippen LogP contribution in [0.2, 0.25) is 0 Å². The number of nitrogens with two attached hydrogens (primary N) is 1. The van der Waals surface area contributed by atoms with E-state index in [0.29, 0.717) is 49.4 Å². The lowest BCUT2D eigenvalue weighted by atomic mass is 10.0. The molecule has 5 amide bonds. The number of nitrogens with one attached hydrogen (secondary N) is 2. The molecule has 4 heterocycles. The predicted octanol–water partition coefficient (Wildman–Crippen LogP) is 2.00. The molecule has 3 aliphatic rings. The lowest BCUT2D eigenvalue weighted by Gasteiger charge is -2.27. The zero-order chi connectivity index (χ0) is 35.2. The molecular weight excluding hydrogens is 646 g/mol. The van der Waals surface area contributed by atoms with Gasteiger partial charge in [0.05, 0.1) is 36.1 Å². The second kappa shape index (κ2) is 15.5. The number of carbonyl (C=O) groups is 5. The van der Waals surface area contributed by atoms with Gasteiger partial charge in [0.1, 0.15) is 11.8 Å². The summed E-state index contributed by atoms with van der Waals surface area (Å²) in [5.74, 6) is -1.49. The number of aromatic nitrogens is 2. The van der Waals surface area contributed by atoms with E-state index < -0.39 is 35.6 Å². The number of aryl methyl sites for hydroxylation is 1. The lowest BCUT2D eigenvalue weighted by Crippen LogP contribution is -2.54. The first-order chi connectivity index (χ1) is 24.2. The van der Waals surface area contributed by atoms with Crippen molar-refractivity contribution < 1.29 is 38.2 Å². The molecule has 50 heavy (non-hydrogen) atoms. The SMILES string of the molecule is COc1cc2c(CCCCNC(=O)COc3cccc4c3C(=O)N(C3CCC(=O)NC3=O)C4=O)nc(N)nc2cc1OCCCN1CCCC1. The van der Waals surface area contributed by atoms with Crippen LogP contribution < -0.4 is 30.6 Å². The number of hydrogen-bond donors (Lipinski definition) is 3. The molecule has 6 rings (SSSR count). The topological polar surface area (TPSA) is 195 Å². The van der Waals surface area contributed by atoms with Crippen molar-refractivity contribution in [1.29, 1.82) is 0 Å². The van der Waals surface area contributed by atoms with Crippen LogP contribution in [0.1, 0.15) is 71.4 Å². The highest BCUT2D eigenvalue weighted by molar-refractivity contribution is 6.24. The highest BCUT2D eigenvalue weighted by Crippen LogP contribution is 2.35. The number of piperidine rings is 1. The van der Waals surface area contributed by atoms with Gasteiger partial charge < -0.3 is 30.2 Å². The van der Waals surface area contributed by atoms with E-state index in [9.17, 15) is 24.0 Å². The number of benzene rings is 2. The Morgan fingerprint density at radius 1 is 1.00 bits per heavy atom. The molecule has 264 valence electrons. The Bertz CT molecular complexity index is 1810. The number of fused-ring (bicyclic) bond motifs is 2. The number of unbranched alkanes of at least 4 members (excludes halogenated alkanes) is 1. The molecular formula is C35H41N7O8. The van der Waals surface area contributed by atoms with Gasteiger partial charge in [0, 0.05) is 31.0 Å². The van der Waals surface area contributed by atoms with Gasteiger partial charge in [0.25, 0.3) is 17.7 Å². The van der Waals surface area contributed by atoms with Crippen LogP contribution in [0.5, 0.6) is 17.2 Å². The molecule has 15 nitrogen and oxygen atoms in total. The van der Waals surface area contributed by atoms with Gasteiger partial charge in [0.15, 0.2) is 18.1 Å². The van der Waals surface area contributed by atoms with Crippen LogP contribution in [0.3, 0.4) is 0 Å². The number of hydrogen-bond acceptors (Lipinski definition) is 12. The van der Waals surface area contributed by atoms with Gasteiger partial charge in [0.2, 0.25) is 17.8 Å². The Hall–Kier alpha value is -5.31. The highest BCUT2D eigenvalue weighted by Gasteiger charge is 2.46. The van der Waals surface area contributed by atoms with Gasteiger partial charge in [-0.05, 0) is 76.2 Å². The molecule has 0 bridgehead atoms. The number of rotatable bonds is 15. The maximum absolute atomic E-state index is 13.2. The van der Waals surface area contributed by atoms with Crippen LogP contribution in [0.15, 0.2) is 30.3 Å². The Morgan fingerprint density at radius 3 is 2.60 bits per heavy atom. The third-order valence-electron chi connectivity index (χ3n) is 9.10. The molecule has 2 saturated heterocycles. The average molecular weight is 688 g/mol. The Labute approximate surface area is 288 Å². The van der Waals surface area contributed by atoms with Crippen molar-refractivity contribution in [2.75, 3.05) is 52.2 Å². The Morgan fingerprint density at radius 2 is 1.82 bits per heavy atom. The summed E-state index contributed by atoms with van der Waals surface area (Å²) in [4.78, 5) is 75.0. The maximum atomic E-state index is 13.2. The van der Waals surface area contributed by atoms with Gasteiger partial charge in [-0.25, -0.2) is 9.97 Å². The molecule has 1 unspecified atom stereocenters. The van der Waals surface area contributed by atoms with Gasteiger partial charge in [-0.2, -0.15) is 0 Å². The van der Waals surface area contributed by atoms with Crippen molar-refractivity contribution >= 4 is 46.4 Å². The monoisotopic (exact) mass is 687 g/mol. The molecule has 0 saturated carbocycles. The van der Waals surface area contributed by atoms with E-state index >= 15 is 0 Å². The molecule has 2 aromatic carbocycles. The van der Waals surface area contributed by atoms with Gasteiger partial charge in [-0.15, -0.1) is 0 Å². The van der Waals surface area contributed by atoms with E-state index in [1.165, 1.54) is 31.0 Å². The lowest BCUT2D eigenvalue weighted by molar-refractivity contribution is -0.136. The summed E-state index contributed by atoms with van der Waals surface area (Å²) < 4.78 is 17.4. The van der Waals surface area contributed by atoms with Crippen LogP contribution in [0.4, 0.5) is 5.95 Å². The van der Waals surface area contributed by atoms with E-state index in [-0.39, 0.29) is 42.3 Å².